The van der Waals surface area contributed by atoms with Gasteiger partial charge in [-0.1, -0.05) is 6.42 Å². The molecule has 0 radical (unpaired) electrons. The van der Waals surface area contributed by atoms with Gasteiger partial charge in [-0.2, -0.15) is 0 Å². The van der Waals surface area contributed by atoms with Gasteiger partial charge in [0.15, 0.2) is 6.10 Å². The van der Waals surface area contributed by atoms with E-state index in [0.29, 0.717) is 31.9 Å². The van der Waals surface area contributed by atoms with Crippen molar-refractivity contribution in [2.24, 2.45) is 5.73 Å². The first-order chi connectivity index (χ1) is 14.0. The van der Waals surface area contributed by atoms with Gasteiger partial charge in [0, 0.05) is 37.4 Å². The molecule has 1 atom stereocenters. The smallest absolute Gasteiger partial charge is 0.312 e. The Bertz CT molecular complexity index is 674. The molecule has 2 rings (SSSR count). The molecular formula is C20H30N4O5. The van der Waals surface area contributed by atoms with Gasteiger partial charge in [0.05, 0.1) is 13.2 Å². The Morgan fingerprint density at radius 1 is 1.14 bits per heavy atom. The van der Waals surface area contributed by atoms with E-state index in [1.165, 1.54) is 0 Å². The van der Waals surface area contributed by atoms with E-state index in [1.54, 1.807) is 6.92 Å². The van der Waals surface area contributed by atoms with Gasteiger partial charge in [-0.25, -0.2) is 4.79 Å². The van der Waals surface area contributed by atoms with Crippen molar-refractivity contribution < 1.29 is 23.9 Å². The zero-order valence-corrected chi connectivity index (χ0v) is 16.8. The lowest BCUT2D eigenvalue weighted by molar-refractivity contribution is -0.153. The first-order valence-corrected chi connectivity index (χ1v) is 9.92. The molecule has 1 aromatic carbocycles. The first kappa shape index (κ1) is 22.5. The third kappa shape index (κ3) is 8.39. The van der Waals surface area contributed by atoms with Crippen LogP contribution in [0.25, 0.3) is 0 Å². The Kier molecular flexibility index (Phi) is 9.23. The van der Waals surface area contributed by atoms with Crippen LogP contribution in [-0.2, 0) is 19.1 Å². The Morgan fingerprint density at radius 2 is 1.83 bits per heavy atom. The van der Waals surface area contributed by atoms with Crippen LogP contribution in [-0.4, -0.2) is 56.9 Å². The summed E-state index contributed by atoms with van der Waals surface area (Å²) < 4.78 is 10.5. The van der Waals surface area contributed by atoms with Crippen LogP contribution < -0.4 is 21.3 Å². The quantitative estimate of drug-likeness (QED) is 0.401. The molecule has 1 saturated heterocycles. The molecule has 0 saturated carbocycles. The molecule has 1 aromatic rings. The third-order valence-corrected chi connectivity index (χ3v) is 4.55. The van der Waals surface area contributed by atoms with Gasteiger partial charge >= 0.3 is 12.0 Å². The average Bonchev–Trinajstić information content (AvgIpc) is 2.71. The second-order valence-corrected chi connectivity index (χ2v) is 6.87. The number of nitrogens with zero attached hydrogens (tertiary/aromatic N) is 1. The number of hydrogen-bond acceptors (Lipinski definition) is 6. The molecule has 1 fully saturated rings. The predicted molar refractivity (Wildman–Crippen MR) is 110 cm³/mol. The first-order valence-electron chi connectivity index (χ1n) is 9.92. The van der Waals surface area contributed by atoms with Gasteiger partial charge in [-0.3, -0.25) is 9.59 Å². The zero-order chi connectivity index (χ0) is 21.1. The van der Waals surface area contributed by atoms with Crippen molar-refractivity contribution >= 4 is 29.3 Å². The van der Waals surface area contributed by atoms with Crippen molar-refractivity contribution in [3.05, 3.63) is 24.3 Å². The van der Waals surface area contributed by atoms with Gasteiger partial charge in [-0.15, -0.1) is 0 Å². The number of primary amides is 1. The van der Waals surface area contributed by atoms with E-state index < -0.39 is 18.1 Å². The second kappa shape index (κ2) is 11.9. The van der Waals surface area contributed by atoms with Crippen LogP contribution in [0.2, 0.25) is 0 Å². The highest BCUT2D eigenvalue weighted by molar-refractivity contribution is 5.95. The third-order valence-electron chi connectivity index (χ3n) is 4.55. The van der Waals surface area contributed by atoms with Gasteiger partial charge in [-0.05, 0) is 44.0 Å². The normalized spacial score (nSPS) is 14.7. The van der Waals surface area contributed by atoms with Gasteiger partial charge in [0.25, 0.3) is 5.91 Å². The van der Waals surface area contributed by atoms with Crippen LogP contribution in [0.15, 0.2) is 24.3 Å². The predicted octanol–water partition coefficient (Wildman–Crippen LogP) is 1.62. The Labute approximate surface area is 170 Å². The van der Waals surface area contributed by atoms with Gasteiger partial charge in [0.2, 0.25) is 0 Å². The Hall–Kier alpha value is -2.81. The lowest BCUT2D eigenvalue weighted by atomic mass is 10.2. The van der Waals surface area contributed by atoms with Crippen molar-refractivity contribution in [2.45, 2.75) is 38.7 Å². The van der Waals surface area contributed by atoms with Crippen LogP contribution in [0, 0.1) is 0 Å². The number of nitrogens with two attached hydrogens (primary N) is 1. The molecule has 0 bridgehead atoms. The standard InChI is InChI=1S/C20H30N4O5/c1-15(29-18(25)5-3-2-4-10-22-20(21)27)19(26)23-16-6-8-17(9-7-16)24-11-13-28-14-12-24/h6-9,15H,2-5,10-14H2,1H3,(H,23,26)(H3,21,22,27)/t15-/m0/s1. The molecule has 1 heterocycles. The fourth-order valence-electron chi connectivity index (χ4n) is 2.91. The van der Waals surface area contributed by atoms with E-state index in [4.69, 9.17) is 15.2 Å². The summed E-state index contributed by atoms with van der Waals surface area (Å²) in [7, 11) is 0. The fraction of sp³-hybridized carbons (Fsp3) is 0.550. The zero-order valence-electron chi connectivity index (χ0n) is 16.8. The van der Waals surface area contributed by atoms with Crippen LogP contribution in [0.3, 0.4) is 0 Å². The SMILES string of the molecule is C[C@H](OC(=O)CCCCCNC(N)=O)C(=O)Nc1ccc(N2CCOCC2)cc1. The number of hydrogen-bond donors (Lipinski definition) is 3. The van der Waals surface area contributed by atoms with E-state index in [1.807, 2.05) is 24.3 Å². The van der Waals surface area contributed by atoms with Crippen LogP contribution >= 0.6 is 0 Å². The van der Waals surface area contributed by atoms with Crippen molar-refractivity contribution in [1.29, 1.82) is 0 Å². The summed E-state index contributed by atoms with van der Waals surface area (Å²) in [4.78, 5) is 36.9. The molecular weight excluding hydrogens is 376 g/mol. The number of benzene rings is 1. The monoisotopic (exact) mass is 406 g/mol. The number of urea groups is 1. The molecule has 9 nitrogen and oxygen atoms in total. The summed E-state index contributed by atoms with van der Waals surface area (Å²) in [5, 5.41) is 5.25. The summed E-state index contributed by atoms with van der Waals surface area (Å²) in [6, 6.07) is 7.00. The Morgan fingerprint density at radius 3 is 2.48 bits per heavy atom. The maximum Gasteiger partial charge on any atom is 0.312 e. The van der Waals surface area contributed by atoms with Crippen molar-refractivity contribution in [3.8, 4) is 0 Å². The maximum atomic E-state index is 12.2. The van der Waals surface area contributed by atoms with Gasteiger partial charge in [0.1, 0.15) is 0 Å². The Balaban J connectivity index is 1.67. The minimum atomic E-state index is -0.877. The number of esters is 1. The van der Waals surface area contributed by atoms with Crippen molar-refractivity contribution in [2.75, 3.05) is 43.1 Å². The average molecular weight is 406 g/mol. The van der Waals surface area contributed by atoms with Crippen LogP contribution in [0.5, 0.6) is 0 Å². The molecule has 0 unspecified atom stereocenters. The number of rotatable bonds is 10. The number of carbonyl (C=O) groups is 3. The highest BCUT2D eigenvalue weighted by Gasteiger charge is 2.18. The topological polar surface area (TPSA) is 123 Å². The van der Waals surface area contributed by atoms with Crippen molar-refractivity contribution in [3.63, 3.8) is 0 Å². The van der Waals surface area contributed by atoms with Crippen LogP contribution in [0.1, 0.15) is 32.6 Å². The van der Waals surface area contributed by atoms with Crippen LogP contribution in [0.4, 0.5) is 16.2 Å². The number of nitrogens with one attached hydrogen (secondary N) is 2. The fourth-order valence-corrected chi connectivity index (χ4v) is 2.91. The minimum absolute atomic E-state index is 0.225. The molecule has 0 aromatic heterocycles. The molecule has 0 aliphatic carbocycles. The van der Waals surface area contributed by atoms with E-state index in [-0.39, 0.29) is 12.3 Å². The van der Waals surface area contributed by atoms with Crippen molar-refractivity contribution in [1.82, 2.24) is 5.32 Å². The summed E-state index contributed by atoms with van der Waals surface area (Å²) in [6.07, 6.45) is 1.45. The molecule has 29 heavy (non-hydrogen) atoms. The van der Waals surface area contributed by atoms with Gasteiger partial charge < -0.3 is 30.7 Å². The highest BCUT2D eigenvalue weighted by atomic mass is 16.5. The lowest BCUT2D eigenvalue weighted by Crippen LogP contribution is -2.36. The molecule has 0 spiro atoms. The molecule has 9 heteroatoms. The maximum absolute atomic E-state index is 12.2. The van der Waals surface area contributed by atoms with E-state index in [9.17, 15) is 14.4 Å². The highest BCUT2D eigenvalue weighted by Crippen LogP contribution is 2.19. The summed E-state index contributed by atoms with van der Waals surface area (Å²) in [5.74, 6) is -0.790. The molecule has 160 valence electrons. The van der Waals surface area contributed by atoms with E-state index in [2.05, 4.69) is 15.5 Å². The lowest BCUT2D eigenvalue weighted by Gasteiger charge is -2.28. The largest absolute Gasteiger partial charge is 0.453 e. The molecule has 3 amide bonds. The summed E-state index contributed by atoms with van der Waals surface area (Å²) in [5.41, 5.74) is 6.70. The summed E-state index contributed by atoms with van der Waals surface area (Å²) >= 11 is 0. The van der Waals surface area contributed by atoms with E-state index >= 15 is 0 Å². The second-order valence-electron chi connectivity index (χ2n) is 6.87. The molecule has 1 aliphatic heterocycles. The minimum Gasteiger partial charge on any atom is -0.453 e. The number of carbonyl (C=O) groups excluding carboxylic acids is 3. The number of morpholine rings is 1. The summed E-state index contributed by atoms with van der Waals surface area (Å²) in [6.45, 7) is 5.15. The number of anilines is 2. The number of amides is 3. The van der Waals surface area contributed by atoms with E-state index in [0.717, 1.165) is 31.6 Å². The molecule has 4 N–H and O–H groups in total. The number of ether oxygens (including phenoxy) is 2. The number of unbranched alkanes of at least 4 members (excludes halogenated alkanes) is 2. The molecule has 1 aliphatic rings.